The van der Waals surface area contributed by atoms with Gasteiger partial charge in [-0.1, -0.05) is 6.92 Å². The Morgan fingerprint density at radius 3 is 2.82 bits per heavy atom. The predicted molar refractivity (Wildman–Crippen MR) is 71.1 cm³/mol. The second-order valence-corrected chi connectivity index (χ2v) is 6.09. The molecular weight excluding hydrogens is 212 g/mol. The summed E-state index contributed by atoms with van der Waals surface area (Å²) >= 11 is 0. The summed E-state index contributed by atoms with van der Waals surface area (Å²) in [6, 6.07) is 2.39. The molecule has 100 valence electrons. The van der Waals surface area contributed by atoms with Gasteiger partial charge in [0.05, 0.1) is 0 Å². The minimum Gasteiger partial charge on any atom is -0.396 e. The highest BCUT2D eigenvalue weighted by Crippen LogP contribution is 2.33. The Hall–Kier alpha value is -0.120. The molecule has 0 aromatic carbocycles. The fraction of sp³-hybridized carbons (Fsp3) is 1.00. The molecule has 0 amide bonds. The Morgan fingerprint density at radius 1 is 1.41 bits per heavy atom. The van der Waals surface area contributed by atoms with E-state index in [1.54, 1.807) is 0 Å². The number of hydrogen-bond acceptors (Lipinski definition) is 3. The zero-order valence-electron chi connectivity index (χ0n) is 11.4. The van der Waals surface area contributed by atoms with Gasteiger partial charge in [-0.25, -0.2) is 0 Å². The fourth-order valence-corrected chi connectivity index (χ4v) is 2.97. The minimum absolute atomic E-state index is 0.329. The van der Waals surface area contributed by atoms with E-state index in [1.807, 2.05) is 0 Å². The van der Waals surface area contributed by atoms with Gasteiger partial charge in [0.15, 0.2) is 0 Å². The van der Waals surface area contributed by atoms with Gasteiger partial charge in [0.1, 0.15) is 0 Å². The Labute approximate surface area is 106 Å². The van der Waals surface area contributed by atoms with Crippen molar-refractivity contribution in [1.29, 1.82) is 0 Å². The molecule has 0 aromatic heterocycles. The van der Waals surface area contributed by atoms with Crippen LogP contribution in [-0.2, 0) is 0 Å². The molecule has 1 saturated carbocycles. The second kappa shape index (κ2) is 6.17. The summed E-state index contributed by atoms with van der Waals surface area (Å²) in [6.07, 6.45) is 6.48. The number of aliphatic hydroxyl groups excluding tert-OH is 1. The topological polar surface area (TPSA) is 35.5 Å². The number of hydrogen-bond donors (Lipinski definition) is 2. The molecule has 3 unspecified atom stereocenters. The van der Waals surface area contributed by atoms with Crippen LogP contribution >= 0.6 is 0 Å². The van der Waals surface area contributed by atoms with Crippen molar-refractivity contribution >= 4 is 0 Å². The summed E-state index contributed by atoms with van der Waals surface area (Å²) in [7, 11) is 0. The molecule has 0 spiro atoms. The number of nitrogens with one attached hydrogen (secondary N) is 1. The van der Waals surface area contributed by atoms with E-state index in [4.69, 9.17) is 5.11 Å². The largest absolute Gasteiger partial charge is 0.396 e. The first-order chi connectivity index (χ1) is 8.20. The van der Waals surface area contributed by atoms with Gasteiger partial charge in [0.25, 0.3) is 0 Å². The average Bonchev–Trinajstić information content (AvgIpc) is 3.09. The van der Waals surface area contributed by atoms with Crippen LogP contribution in [0.4, 0.5) is 0 Å². The molecule has 3 nitrogen and oxygen atoms in total. The van der Waals surface area contributed by atoms with Crippen molar-refractivity contribution < 1.29 is 5.11 Å². The van der Waals surface area contributed by atoms with Crippen molar-refractivity contribution in [3.8, 4) is 0 Å². The van der Waals surface area contributed by atoms with Crippen LogP contribution in [-0.4, -0.2) is 47.8 Å². The highest BCUT2D eigenvalue weighted by Gasteiger charge is 2.38. The lowest BCUT2D eigenvalue weighted by atomic mass is 10.1. The number of likely N-dealkylation sites (tertiary alicyclic amines) is 1. The van der Waals surface area contributed by atoms with Crippen LogP contribution in [0.25, 0.3) is 0 Å². The first-order valence-corrected chi connectivity index (χ1v) is 7.30. The SMILES string of the molecule is CC(CO)CCCNC1CC(C)N(C2CC2)C1. The van der Waals surface area contributed by atoms with Crippen LogP contribution in [0.5, 0.6) is 0 Å². The van der Waals surface area contributed by atoms with E-state index < -0.39 is 0 Å². The first-order valence-electron chi connectivity index (χ1n) is 7.30. The molecular formula is C14H28N2O. The van der Waals surface area contributed by atoms with Crippen LogP contribution in [0.2, 0.25) is 0 Å². The van der Waals surface area contributed by atoms with Crippen molar-refractivity contribution in [3.05, 3.63) is 0 Å². The molecule has 0 bridgehead atoms. The zero-order chi connectivity index (χ0) is 12.3. The average molecular weight is 240 g/mol. The van der Waals surface area contributed by atoms with Gasteiger partial charge in [-0.3, -0.25) is 4.90 Å². The molecule has 1 saturated heterocycles. The monoisotopic (exact) mass is 240 g/mol. The highest BCUT2D eigenvalue weighted by atomic mass is 16.3. The maximum absolute atomic E-state index is 8.96. The highest BCUT2D eigenvalue weighted by molar-refractivity contribution is 4.95. The van der Waals surface area contributed by atoms with Crippen molar-refractivity contribution in [1.82, 2.24) is 10.2 Å². The molecule has 1 aliphatic heterocycles. The van der Waals surface area contributed by atoms with Crippen molar-refractivity contribution in [3.63, 3.8) is 0 Å². The molecule has 0 aromatic rings. The quantitative estimate of drug-likeness (QED) is 0.664. The Balaban J connectivity index is 1.57. The number of rotatable bonds is 7. The van der Waals surface area contributed by atoms with E-state index in [-0.39, 0.29) is 0 Å². The fourth-order valence-electron chi connectivity index (χ4n) is 2.97. The number of nitrogens with zero attached hydrogens (tertiary/aromatic N) is 1. The van der Waals surface area contributed by atoms with Gasteiger partial charge >= 0.3 is 0 Å². The van der Waals surface area contributed by atoms with E-state index >= 15 is 0 Å². The lowest BCUT2D eigenvalue weighted by Crippen LogP contribution is -2.34. The maximum Gasteiger partial charge on any atom is 0.0456 e. The third-order valence-electron chi connectivity index (χ3n) is 4.26. The maximum atomic E-state index is 8.96. The Bertz CT molecular complexity index is 230. The third-order valence-corrected chi connectivity index (χ3v) is 4.26. The second-order valence-electron chi connectivity index (χ2n) is 6.09. The summed E-state index contributed by atoms with van der Waals surface area (Å²) < 4.78 is 0. The van der Waals surface area contributed by atoms with Gasteiger partial charge in [-0.2, -0.15) is 0 Å². The van der Waals surface area contributed by atoms with E-state index in [2.05, 4.69) is 24.1 Å². The van der Waals surface area contributed by atoms with E-state index in [1.165, 1.54) is 32.2 Å². The minimum atomic E-state index is 0.329. The molecule has 1 aliphatic carbocycles. The van der Waals surface area contributed by atoms with E-state index in [0.29, 0.717) is 18.6 Å². The first kappa shape index (κ1) is 13.3. The van der Waals surface area contributed by atoms with Gasteiger partial charge in [0.2, 0.25) is 0 Å². The lowest BCUT2D eigenvalue weighted by molar-refractivity contribution is 0.227. The van der Waals surface area contributed by atoms with Crippen LogP contribution in [0.15, 0.2) is 0 Å². The standard InChI is InChI=1S/C14H28N2O/c1-11(10-17)4-3-7-15-13-8-12(2)16(9-13)14-5-6-14/h11-15,17H,3-10H2,1-2H3. The van der Waals surface area contributed by atoms with Crippen LogP contribution in [0.1, 0.15) is 46.0 Å². The molecule has 1 heterocycles. The number of aliphatic hydroxyl groups is 1. The molecule has 2 rings (SSSR count). The van der Waals surface area contributed by atoms with Crippen LogP contribution in [0, 0.1) is 5.92 Å². The van der Waals surface area contributed by atoms with Gasteiger partial charge < -0.3 is 10.4 Å². The van der Waals surface area contributed by atoms with Crippen LogP contribution < -0.4 is 5.32 Å². The molecule has 17 heavy (non-hydrogen) atoms. The van der Waals surface area contributed by atoms with Crippen molar-refractivity contribution in [2.45, 2.75) is 64.1 Å². The van der Waals surface area contributed by atoms with Gasteiger partial charge in [-0.15, -0.1) is 0 Å². The van der Waals surface area contributed by atoms with Crippen molar-refractivity contribution in [2.75, 3.05) is 19.7 Å². The molecule has 3 heteroatoms. The van der Waals surface area contributed by atoms with Gasteiger partial charge in [0, 0.05) is 31.3 Å². The zero-order valence-corrected chi connectivity index (χ0v) is 11.4. The summed E-state index contributed by atoms with van der Waals surface area (Å²) in [5.41, 5.74) is 0. The smallest absolute Gasteiger partial charge is 0.0456 e. The van der Waals surface area contributed by atoms with E-state index in [0.717, 1.165) is 25.0 Å². The molecule has 2 N–H and O–H groups in total. The summed E-state index contributed by atoms with van der Waals surface area (Å²) in [5.74, 6) is 0.460. The van der Waals surface area contributed by atoms with Crippen molar-refractivity contribution in [2.24, 2.45) is 5.92 Å². The Kier molecular flexibility index (Phi) is 4.83. The molecule has 2 aliphatic rings. The van der Waals surface area contributed by atoms with E-state index in [9.17, 15) is 0 Å². The van der Waals surface area contributed by atoms with Crippen LogP contribution in [0.3, 0.4) is 0 Å². The lowest BCUT2D eigenvalue weighted by Gasteiger charge is -2.19. The summed E-state index contributed by atoms with van der Waals surface area (Å²) in [4.78, 5) is 2.69. The molecule has 0 radical (unpaired) electrons. The molecule has 2 fully saturated rings. The Morgan fingerprint density at radius 2 is 2.18 bits per heavy atom. The van der Waals surface area contributed by atoms with Gasteiger partial charge in [-0.05, 0) is 51.5 Å². The summed E-state index contributed by atoms with van der Waals surface area (Å²) in [6.45, 7) is 7.18. The summed E-state index contributed by atoms with van der Waals surface area (Å²) in [5, 5.41) is 12.6. The molecule has 3 atom stereocenters. The predicted octanol–water partition coefficient (Wildman–Crippen LogP) is 1.61. The third kappa shape index (κ3) is 3.94. The normalized spacial score (nSPS) is 31.9.